The summed E-state index contributed by atoms with van der Waals surface area (Å²) < 4.78 is 4.39. The highest BCUT2D eigenvalue weighted by Crippen LogP contribution is 2.29. The lowest BCUT2D eigenvalue weighted by atomic mass is 10.0. The summed E-state index contributed by atoms with van der Waals surface area (Å²) >= 11 is 0. The second kappa shape index (κ2) is 7.05. The highest BCUT2D eigenvalue weighted by Gasteiger charge is 2.18. The topological polar surface area (TPSA) is 79.4 Å². The number of hydrogen-bond donors (Lipinski definition) is 2. The van der Waals surface area contributed by atoms with Crippen LogP contribution in [0.4, 0.5) is 0 Å². The maximum Gasteiger partial charge on any atom is 0.378 e. The largest absolute Gasteiger partial charge is 0.507 e. The van der Waals surface area contributed by atoms with Gasteiger partial charge < -0.3 is 14.8 Å². The van der Waals surface area contributed by atoms with Crippen LogP contribution in [0, 0.1) is 0 Å². The molecule has 5 heteroatoms. The van der Waals surface area contributed by atoms with Crippen molar-refractivity contribution in [3.63, 3.8) is 0 Å². The van der Waals surface area contributed by atoms with E-state index in [0.29, 0.717) is 12.0 Å². The first kappa shape index (κ1) is 16.5. The molecule has 0 unspecified atom stereocenters. The van der Waals surface area contributed by atoms with E-state index in [0.717, 1.165) is 35.3 Å². The summed E-state index contributed by atoms with van der Waals surface area (Å²) in [7, 11) is 1.12. The molecule has 0 aliphatic carbocycles. The minimum atomic E-state index is -1.02. The first-order valence-corrected chi connectivity index (χ1v) is 7.77. The average Bonchev–Trinajstić information content (AvgIpc) is 2.99. The molecule has 1 aromatic heterocycles. The molecule has 0 saturated heterocycles. The molecule has 5 nitrogen and oxygen atoms in total. The van der Waals surface area contributed by atoms with Crippen LogP contribution in [0.2, 0.25) is 0 Å². The zero-order valence-electron chi connectivity index (χ0n) is 13.7. The number of fused-ring (bicyclic) bond motifs is 1. The molecule has 0 saturated carbocycles. The number of carbonyl (C=O) groups is 2. The zero-order valence-corrected chi connectivity index (χ0v) is 13.7. The van der Waals surface area contributed by atoms with E-state index in [2.05, 4.69) is 9.72 Å². The van der Waals surface area contributed by atoms with Gasteiger partial charge in [0.05, 0.1) is 7.11 Å². The van der Waals surface area contributed by atoms with Crippen molar-refractivity contribution >= 4 is 28.4 Å². The van der Waals surface area contributed by atoms with E-state index in [1.165, 1.54) is 0 Å². The number of rotatable bonds is 5. The molecule has 3 rings (SSSR count). The summed E-state index contributed by atoms with van der Waals surface area (Å²) in [5.41, 5.74) is 3.17. The lowest BCUT2D eigenvalue weighted by Crippen LogP contribution is -2.13. The molecule has 1 heterocycles. The molecule has 0 atom stereocenters. The summed E-state index contributed by atoms with van der Waals surface area (Å²) in [6, 6.07) is 17.2. The highest BCUT2D eigenvalue weighted by atomic mass is 16.5. The van der Waals surface area contributed by atoms with Gasteiger partial charge in [-0.1, -0.05) is 48.5 Å². The fraction of sp³-hybridized carbons (Fsp3) is 0.100. The monoisotopic (exact) mass is 335 g/mol. The third-order valence-electron chi connectivity index (χ3n) is 3.92. The molecule has 126 valence electrons. The van der Waals surface area contributed by atoms with Crippen LogP contribution in [0.25, 0.3) is 16.7 Å². The lowest BCUT2D eigenvalue weighted by molar-refractivity contribution is -0.149. The number of H-pyrrole nitrogens is 1. The molecular weight excluding hydrogens is 318 g/mol. The standard InChI is InChI=1S/C20H17NO4/c1-25-20(24)18(23)12-17(22)19-14-9-5-6-10-15(14)21-16(19)11-13-7-3-2-4-8-13/h2-10,12,21-22H,11H2,1H3. The van der Waals surface area contributed by atoms with Gasteiger partial charge in [-0.05, 0) is 11.6 Å². The first-order chi connectivity index (χ1) is 12.1. The van der Waals surface area contributed by atoms with E-state index in [9.17, 15) is 14.7 Å². The summed E-state index contributed by atoms with van der Waals surface area (Å²) in [6.45, 7) is 0. The predicted molar refractivity (Wildman–Crippen MR) is 95.2 cm³/mol. The molecule has 0 aliphatic rings. The van der Waals surface area contributed by atoms with E-state index >= 15 is 0 Å². The molecule has 0 amide bonds. The first-order valence-electron chi connectivity index (χ1n) is 7.77. The molecule has 0 bridgehead atoms. The zero-order chi connectivity index (χ0) is 17.8. The number of ether oxygens (including phenoxy) is 1. The van der Waals surface area contributed by atoms with Gasteiger partial charge in [-0.25, -0.2) is 4.79 Å². The molecule has 0 fully saturated rings. The molecule has 3 aromatic rings. The molecule has 2 aromatic carbocycles. The van der Waals surface area contributed by atoms with Crippen molar-refractivity contribution in [2.75, 3.05) is 7.11 Å². The van der Waals surface area contributed by atoms with Crippen LogP contribution in [0.1, 0.15) is 16.8 Å². The van der Waals surface area contributed by atoms with Gasteiger partial charge in [-0.2, -0.15) is 0 Å². The number of para-hydroxylation sites is 1. The van der Waals surface area contributed by atoms with Crippen molar-refractivity contribution in [1.29, 1.82) is 0 Å². The number of aliphatic hydroxyl groups is 1. The maximum atomic E-state index is 11.8. The normalized spacial score (nSPS) is 11.5. The smallest absolute Gasteiger partial charge is 0.378 e. The fourth-order valence-electron chi connectivity index (χ4n) is 2.78. The average molecular weight is 335 g/mol. The third-order valence-corrected chi connectivity index (χ3v) is 3.92. The highest BCUT2D eigenvalue weighted by molar-refractivity contribution is 6.39. The van der Waals surface area contributed by atoms with Crippen molar-refractivity contribution in [2.24, 2.45) is 0 Å². The Bertz CT molecular complexity index is 954. The van der Waals surface area contributed by atoms with E-state index in [1.54, 1.807) is 0 Å². The Morgan fingerprint density at radius 1 is 1.08 bits per heavy atom. The van der Waals surface area contributed by atoms with Gasteiger partial charge in [-0.3, -0.25) is 4.79 Å². The number of aliphatic hydroxyl groups excluding tert-OH is 1. The minimum Gasteiger partial charge on any atom is -0.507 e. The molecule has 25 heavy (non-hydrogen) atoms. The SMILES string of the molecule is COC(=O)C(=O)C=C(O)c1c(Cc2ccccc2)[nH]c2ccccc12. The summed E-state index contributed by atoms with van der Waals surface area (Å²) in [6.07, 6.45) is 1.45. The molecule has 0 radical (unpaired) electrons. The van der Waals surface area contributed by atoms with Crippen molar-refractivity contribution in [1.82, 2.24) is 4.98 Å². The van der Waals surface area contributed by atoms with E-state index in [1.807, 2.05) is 54.6 Å². The van der Waals surface area contributed by atoms with Crippen LogP contribution in [0.15, 0.2) is 60.7 Å². The lowest BCUT2D eigenvalue weighted by Gasteiger charge is -2.05. The second-order valence-electron chi connectivity index (χ2n) is 5.57. The summed E-state index contributed by atoms with van der Waals surface area (Å²) in [5.74, 6) is -2.19. The van der Waals surface area contributed by atoms with E-state index in [4.69, 9.17) is 0 Å². The van der Waals surface area contributed by atoms with Gasteiger partial charge in [0.2, 0.25) is 0 Å². The van der Waals surface area contributed by atoms with Crippen LogP contribution in [0.5, 0.6) is 0 Å². The van der Waals surface area contributed by atoms with Crippen molar-refractivity contribution in [3.05, 3.63) is 77.5 Å². The summed E-state index contributed by atoms with van der Waals surface area (Å²) in [4.78, 5) is 26.4. The number of ketones is 1. The summed E-state index contributed by atoms with van der Waals surface area (Å²) in [5, 5.41) is 11.3. The maximum absolute atomic E-state index is 11.8. The van der Waals surface area contributed by atoms with Gasteiger partial charge in [-0.15, -0.1) is 0 Å². The Balaban J connectivity index is 2.08. The Labute approximate surface area is 144 Å². The second-order valence-corrected chi connectivity index (χ2v) is 5.57. The quantitative estimate of drug-likeness (QED) is 0.324. The van der Waals surface area contributed by atoms with Crippen molar-refractivity contribution in [3.8, 4) is 0 Å². The fourth-order valence-corrected chi connectivity index (χ4v) is 2.78. The van der Waals surface area contributed by atoms with Gasteiger partial charge in [0.15, 0.2) is 0 Å². The molecular formula is C20H17NO4. The Kier molecular flexibility index (Phi) is 4.66. The number of hydrogen-bond acceptors (Lipinski definition) is 4. The van der Waals surface area contributed by atoms with Gasteiger partial charge in [0, 0.05) is 34.7 Å². The number of esters is 1. The van der Waals surface area contributed by atoms with Gasteiger partial charge in [0.25, 0.3) is 5.78 Å². The number of nitrogens with one attached hydrogen (secondary N) is 1. The van der Waals surface area contributed by atoms with Gasteiger partial charge >= 0.3 is 5.97 Å². The van der Waals surface area contributed by atoms with Crippen LogP contribution < -0.4 is 0 Å². The number of aromatic nitrogens is 1. The number of benzene rings is 2. The third kappa shape index (κ3) is 3.45. The minimum absolute atomic E-state index is 0.265. The molecule has 2 N–H and O–H groups in total. The Morgan fingerprint density at radius 2 is 1.76 bits per heavy atom. The predicted octanol–water partition coefficient (Wildman–Crippen LogP) is 3.40. The van der Waals surface area contributed by atoms with E-state index < -0.39 is 11.8 Å². The van der Waals surface area contributed by atoms with Crippen LogP contribution in [-0.4, -0.2) is 29.0 Å². The van der Waals surface area contributed by atoms with E-state index in [-0.39, 0.29) is 5.76 Å². The Hall–Kier alpha value is -3.34. The van der Waals surface area contributed by atoms with Crippen molar-refractivity contribution in [2.45, 2.75) is 6.42 Å². The number of methoxy groups -OCH3 is 1. The number of carbonyl (C=O) groups excluding carboxylic acids is 2. The number of aromatic amines is 1. The Morgan fingerprint density at radius 3 is 2.48 bits per heavy atom. The van der Waals surface area contributed by atoms with Gasteiger partial charge in [0.1, 0.15) is 5.76 Å². The van der Waals surface area contributed by atoms with Crippen LogP contribution in [0.3, 0.4) is 0 Å². The van der Waals surface area contributed by atoms with Crippen LogP contribution in [-0.2, 0) is 20.7 Å². The van der Waals surface area contributed by atoms with Crippen molar-refractivity contribution < 1.29 is 19.4 Å². The van der Waals surface area contributed by atoms with Crippen LogP contribution >= 0.6 is 0 Å². The molecule has 0 aliphatic heterocycles. The molecule has 0 spiro atoms.